The summed E-state index contributed by atoms with van der Waals surface area (Å²) in [5.74, 6) is 1.68. The molecule has 0 aromatic heterocycles. The second-order valence-electron chi connectivity index (χ2n) is 5.75. The molecule has 0 spiro atoms. The minimum Gasteiger partial charge on any atom is -0.457 e. The lowest BCUT2D eigenvalue weighted by Crippen LogP contribution is -2.17. The molecular weight excluding hydrogens is 282 g/mol. The normalized spacial score (nSPS) is 12.3. The van der Waals surface area contributed by atoms with Crippen molar-refractivity contribution >= 4 is 11.6 Å². The Hall–Kier alpha value is -1.51. The van der Waals surface area contributed by atoms with E-state index in [1.807, 2.05) is 39.8 Å². The van der Waals surface area contributed by atoms with E-state index in [1.54, 1.807) is 0 Å². The second-order valence-corrected chi connectivity index (χ2v) is 6.13. The maximum Gasteiger partial charge on any atom is 0.130 e. The van der Waals surface area contributed by atoms with Gasteiger partial charge in [-0.15, -0.1) is 0 Å². The van der Waals surface area contributed by atoms with Crippen molar-refractivity contribution in [3.8, 4) is 11.5 Å². The van der Waals surface area contributed by atoms with E-state index in [9.17, 15) is 0 Å². The van der Waals surface area contributed by atoms with Gasteiger partial charge in [-0.3, -0.25) is 0 Å². The Kier molecular flexibility index (Phi) is 4.92. The molecule has 3 heteroatoms. The van der Waals surface area contributed by atoms with Crippen LogP contribution in [0.3, 0.4) is 0 Å². The van der Waals surface area contributed by atoms with E-state index in [4.69, 9.17) is 22.1 Å². The van der Waals surface area contributed by atoms with Gasteiger partial charge in [0.1, 0.15) is 11.5 Å². The number of benzene rings is 2. The van der Waals surface area contributed by atoms with Crippen LogP contribution in [0.25, 0.3) is 0 Å². The zero-order chi connectivity index (χ0) is 15.6. The SMILES string of the molecule is Cc1ccc(CC(C)N)cc1Oc1cc(C)c(Cl)c(C)c1. The highest BCUT2D eigenvalue weighted by Gasteiger charge is 2.08. The molecule has 0 aliphatic heterocycles. The highest BCUT2D eigenvalue weighted by atomic mass is 35.5. The average molecular weight is 304 g/mol. The lowest BCUT2D eigenvalue weighted by Gasteiger charge is -2.13. The summed E-state index contributed by atoms with van der Waals surface area (Å²) in [7, 11) is 0. The van der Waals surface area contributed by atoms with Gasteiger partial charge in [-0.25, -0.2) is 0 Å². The first kappa shape index (κ1) is 15.9. The fourth-order valence-electron chi connectivity index (χ4n) is 2.35. The first-order valence-electron chi connectivity index (χ1n) is 7.16. The first-order valence-corrected chi connectivity index (χ1v) is 7.54. The lowest BCUT2D eigenvalue weighted by atomic mass is 10.1. The van der Waals surface area contributed by atoms with Crippen LogP contribution < -0.4 is 10.5 Å². The van der Waals surface area contributed by atoms with Crippen LogP contribution >= 0.6 is 11.6 Å². The monoisotopic (exact) mass is 303 g/mol. The summed E-state index contributed by atoms with van der Waals surface area (Å²) in [6.07, 6.45) is 0.843. The van der Waals surface area contributed by atoms with Gasteiger partial charge in [-0.05, 0) is 74.6 Å². The Bertz CT molecular complexity index is 627. The minimum atomic E-state index is 0.139. The summed E-state index contributed by atoms with van der Waals surface area (Å²) in [5, 5.41) is 0.796. The molecule has 0 amide bonds. The van der Waals surface area contributed by atoms with Crippen LogP contribution in [-0.2, 0) is 6.42 Å². The molecule has 0 heterocycles. The maximum absolute atomic E-state index is 6.20. The zero-order valence-electron chi connectivity index (χ0n) is 13.0. The van der Waals surface area contributed by atoms with Crippen molar-refractivity contribution in [2.24, 2.45) is 5.73 Å². The summed E-state index contributed by atoms with van der Waals surface area (Å²) < 4.78 is 6.05. The molecule has 2 aromatic carbocycles. The van der Waals surface area contributed by atoms with E-state index < -0.39 is 0 Å². The summed E-state index contributed by atoms with van der Waals surface area (Å²) in [6.45, 7) is 8.02. The number of hydrogen-bond donors (Lipinski definition) is 1. The van der Waals surface area contributed by atoms with E-state index in [2.05, 4.69) is 18.2 Å². The molecule has 1 unspecified atom stereocenters. The van der Waals surface area contributed by atoms with Crippen molar-refractivity contribution in [3.63, 3.8) is 0 Å². The van der Waals surface area contributed by atoms with Gasteiger partial charge in [-0.1, -0.05) is 23.7 Å². The highest BCUT2D eigenvalue weighted by Crippen LogP contribution is 2.31. The zero-order valence-corrected chi connectivity index (χ0v) is 13.8. The third-order valence-corrected chi connectivity index (χ3v) is 4.04. The fourth-order valence-corrected chi connectivity index (χ4v) is 2.45. The first-order chi connectivity index (χ1) is 9.86. The molecule has 2 N–H and O–H groups in total. The van der Waals surface area contributed by atoms with Crippen LogP contribution in [0.2, 0.25) is 5.02 Å². The Morgan fingerprint density at radius 3 is 2.24 bits per heavy atom. The molecule has 2 rings (SSSR count). The Morgan fingerprint density at radius 2 is 1.67 bits per heavy atom. The molecule has 112 valence electrons. The molecule has 0 aliphatic carbocycles. The van der Waals surface area contributed by atoms with Crippen molar-refractivity contribution in [3.05, 3.63) is 57.6 Å². The number of rotatable bonds is 4. The lowest BCUT2D eigenvalue weighted by molar-refractivity contribution is 0.477. The minimum absolute atomic E-state index is 0.139. The Labute approximate surface area is 131 Å². The molecule has 0 saturated heterocycles. The van der Waals surface area contributed by atoms with Gasteiger partial charge < -0.3 is 10.5 Å². The Morgan fingerprint density at radius 1 is 1.05 bits per heavy atom. The third-order valence-electron chi connectivity index (χ3n) is 3.45. The summed E-state index contributed by atoms with van der Waals surface area (Å²) in [5.41, 5.74) is 10.2. The smallest absolute Gasteiger partial charge is 0.130 e. The summed E-state index contributed by atoms with van der Waals surface area (Å²) in [6, 6.07) is 10.3. The Balaban J connectivity index is 2.30. The van der Waals surface area contributed by atoms with Crippen LogP contribution in [-0.4, -0.2) is 6.04 Å². The predicted molar refractivity (Wildman–Crippen MR) is 89.5 cm³/mol. The molecule has 0 radical (unpaired) electrons. The number of nitrogens with two attached hydrogens (primary N) is 1. The number of aryl methyl sites for hydroxylation is 3. The van der Waals surface area contributed by atoms with Gasteiger partial charge in [0.25, 0.3) is 0 Å². The molecule has 0 bridgehead atoms. The van der Waals surface area contributed by atoms with Crippen LogP contribution in [0.4, 0.5) is 0 Å². The van der Waals surface area contributed by atoms with E-state index in [0.29, 0.717) is 0 Å². The second kappa shape index (κ2) is 6.50. The molecule has 1 atom stereocenters. The largest absolute Gasteiger partial charge is 0.457 e. The van der Waals surface area contributed by atoms with Crippen LogP contribution in [0.5, 0.6) is 11.5 Å². The van der Waals surface area contributed by atoms with E-state index in [1.165, 1.54) is 5.56 Å². The molecule has 0 aliphatic rings. The average Bonchev–Trinajstić information content (AvgIpc) is 2.39. The molecule has 0 saturated carbocycles. The molecule has 0 fully saturated rings. The van der Waals surface area contributed by atoms with Crippen molar-refractivity contribution in [1.82, 2.24) is 0 Å². The molecule has 2 nitrogen and oxygen atoms in total. The van der Waals surface area contributed by atoms with Gasteiger partial charge in [0.05, 0.1) is 0 Å². The highest BCUT2D eigenvalue weighted by molar-refractivity contribution is 6.32. The van der Waals surface area contributed by atoms with Gasteiger partial charge in [0.15, 0.2) is 0 Å². The topological polar surface area (TPSA) is 35.2 Å². The van der Waals surface area contributed by atoms with E-state index in [0.717, 1.165) is 39.6 Å². The maximum atomic E-state index is 6.20. The van der Waals surface area contributed by atoms with Gasteiger partial charge in [0.2, 0.25) is 0 Å². The molecule has 21 heavy (non-hydrogen) atoms. The van der Waals surface area contributed by atoms with Crippen molar-refractivity contribution in [2.45, 2.75) is 40.2 Å². The van der Waals surface area contributed by atoms with Crippen LogP contribution in [0.15, 0.2) is 30.3 Å². The van der Waals surface area contributed by atoms with Crippen molar-refractivity contribution in [1.29, 1.82) is 0 Å². The van der Waals surface area contributed by atoms with Gasteiger partial charge >= 0.3 is 0 Å². The van der Waals surface area contributed by atoms with Crippen LogP contribution in [0, 0.1) is 20.8 Å². The van der Waals surface area contributed by atoms with Gasteiger partial charge in [0, 0.05) is 11.1 Å². The third kappa shape index (κ3) is 3.99. The number of halogens is 1. The molecule has 2 aromatic rings. The van der Waals surface area contributed by atoms with Crippen molar-refractivity contribution < 1.29 is 4.74 Å². The quantitative estimate of drug-likeness (QED) is 0.867. The van der Waals surface area contributed by atoms with Gasteiger partial charge in [-0.2, -0.15) is 0 Å². The van der Waals surface area contributed by atoms with Crippen molar-refractivity contribution in [2.75, 3.05) is 0 Å². The summed E-state index contributed by atoms with van der Waals surface area (Å²) in [4.78, 5) is 0. The van der Waals surface area contributed by atoms with E-state index in [-0.39, 0.29) is 6.04 Å². The summed E-state index contributed by atoms with van der Waals surface area (Å²) >= 11 is 6.20. The fraction of sp³-hybridized carbons (Fsp3) is 0.333. The van der Waals surface area contributed by atoms with Crippen LogP contribution in [0.1, 0.15) is 29.2 Å². The molecular formula is C18H22ClNO. The number of hydrogen-bond acceptors (Lipinski definition) is 2. The van der Waals surface area contributed by atoms with E-state index >= 15 is 0 Å². The standard InChI is InChI=1S/C18H22ClNO/c1-11-5-6-15(9-14(4)20)10-17(11)21-16-7-12(2)18(19)13(3)8-16/h5-8,10,14H,9,20H2,1-4H3. The number of ether oxygens (including phenoxy) is 1. The predicted octanol–water partition coefficient (Wildman–Crippen LogP) is 4.95.